The van der Waals surface area contributed by atoms with Crippen molar-refractivity contribution in [1.29, 1.82) is 0 Å². The first-order valence-corrected chi connectivity index (χ1v) is 7.30. The summed E-state index contributed by atoms with van der Waals surface area (Å²) in [6.07, 6.45) is 4.64. The Morgan fingerprint density at radius 3 is 2.75 bits per heavy atom. The highest BCUT2D eigenvalue weighted by Gasteiger charge is 2.39. The molecule has 1 fully saturated rings. The van der Waals surface area contributed by atoms with E-state index in [1.165, 1.54) is 20.0 Å². The first-order valence-electron chi connectivity index (χ1n) is 7.30. The lowest BCUT2D eigenvalue weighted by molar-refractivity contribution is 0.0966. The molecule has 4 heteroatoms. The van der Waals surface area contributed by atoms with Crippen LogP contribution in [0.1, 0.15) is 51.1 Å². The van der Waals surface area contributed by atoms with Crippen molar-refractivity contribution < 1.29 is 9.13 Å². The van der Waals surface area contributed by atoms with Gasteiger partial charge in [-0.05, 0) is 30.2 Å². The third kappa shape index (κ3) is 2.81. The topological polar surface area (TPSA) is 47.3 Å². The van der Waals surface area contributed by atoms with Gasteiger partial charge < -0.3 is 4.74 Å². The number of rotatable bonds is 4. The van der Waals surface area contributed by atoms with Gasteiger partial charge in [0.1, 0.15) is 0 Å². The zero-order chi connectivity index (χ0) is 14.8. The molecule has 1 aromatic carbocycles. The van der Waals surface area contributed by atoms with Gasteiger partial charge in [-0.25, -0.2) is 4.39 Å². The van der Waals surface area contributed by atoms with E-state index in [4.69, 9.17) is 10.6 Å². The number of hydrazine groups is 1. The summed E-state index contributed by atoms with van der Waals surface area (Å²) in [6.45, 7) is 4.50. The van der Waals surface area contributed by atoms with Crippen LogP contribution in [0, 0.1) is 17.2 Å². The lowest BCUT2D eigenvalue weighted by Gasteiger charge is -2.43. The molecule has 20 heavy (non-hydrogen) atoms. The van der Waals surface area contributed by atoms with Gasteiger partial charge >= 0.3 is 0 Å². The molecule has 1 aromatic rings. The van der Waals surface area contributed by atoms with Gasteiger partial charge in [-0.15, -0.1) is 0 Å². The van der Waals surface area contributed by atoms with Crippen molar-refractivity contribution in [3.8, 4) is 5.75 Å². The van der Waals surface area contributed by atoms with Crippen molar-refractivity contribution >= 4 is 0 Å². The SMILES string of the molecule is COc1cccc(C(NN)C2CCCCC2(C)C)c1F. The molecule has 2 unspecified atom stereocenters. The summed E-state index contributed by atoms with van der Waals surface area (Å²) in [6, 6.07) is 5.07. The Bertz CT molecular complexity index is 462. The Kier molecular flexibility index (Phi) is 4.66. The molecular formula is C16H25FN2O. The molecule has 0 saturated heterocycles. The highest BCUT2D eigenvalue weighted by molar-refractivity contribution is 5.33. The van der Waals surface area contributed by atoms with E-state index in [0.717, 1.165) is 12.8 Å². The molecule has 1 aliphatic carbocycles. The fourth-order valence-electron chi connectivity index (χ4n) is 3.49. The molecule has 0 heterocycles. The van der Waals surface area contributed by atoms with Crippen LogP contribution in [0.5, 0.6) is 5.75 Å². The van der Waals surface area contributed by atoms with E-state index in [9.17, 15) is 4.39 Å². The quantitative estimate of drug-likeness (QED) is 0.655. The van der Waals surface area contributed by atoms with Gasteiger partial charge in [0.15, 0.2) is 11.6 Å². The molecule has 1 saturated carbocycles. The summed E-state index contributed by atoms with van der Waals surface area (Å²) in [5, 5.41) is 0. The largest absolute Gasteiger partial charge is 0.494 e. The van der Waals surface area contributed by atoms with Gasteiger partial charge in [-0.3, -0.25) is 11.3 Å². The van der Waals surface area contributed by atoms with Crippen LogP contribution in [0.2, 0.25) is 0 Å². The minimum atomic E-state index is -0.306. The number of halogens is 1. The van der Waals surface area contributed by atoms with E-state index in [1.54, 1.807) is 12.1 Å². The van der Waals surface area contributed by atoms with Gasteiger partial charge in [0.05, 0.1) is 13.2 Å². The normalized spacial score (nSPS) is 23.4. The molecule has 0 radical (unpaired) electrons. The standard InChI is InChI=1S/C16H25FN2O/c1-16(2)10-5-4-8-12(16)15(19-18)11-7-6-9-13(20-3)14(11)17/h6-7,9,12,15,19H,4-5,8,10,18H2,1-3H3. The van der Waals surface area contributed by atoms with E-state index in [0.29, 0.717) is 11.5 Å². The highest BCUT2D eigenvalue weighted by atomic mass is 19.1. The first-order chi connectivity index (χ1) is 9.51. The Hall–Kier alpha value is -1.13. The maximum absolute atomic E-state index is 14.5. The smallest absolute Gasteiger partial charge is 0.169 e. The zero-order valence-electron chi connectivity index (χ0n) is 12.6. The van der Waals surface area contributed by atoms with E-state index in [-0.39, 0.29) is 23.0 Å². The third-order valence-electron chi connectivity index (χ3n) is 4.72. The van der Waals surface area contributed by atoms with Crippen LogP contribution < -0.4 is 16.0 Å². The van der Waals surface area contributed by atoms with Crippen LogP contribution in [-0.2, 0) is 0 Å². The molecule has 0 spiro atoms. The second-order valence-corrected chi connectivity index (χ2v) is 6.35. The van der Waals surface area contributed by atoms with E-state index >= 15 is 0 Å². The van der Waals surface area contributed by atoms with E-state index in [1.807, 2.05) is 6.07 Å². The fourth-order valence-corrected chi connectivity index (χ4v) is 3.49. The van der Waals surface area contributed by atoms with Crippen LogP contribution >= 0.6 is 0 Å². The molecule has 2 atom stereocenters. The molecule has 0 amide bonds. The van der Waals surface area contributed by atoms with Crippen LogP contribution in [0.15, 0.2) is 18.2 Å². The van der Waals surface area contributed by atoms with Crippen LogP contribution in [-0.4, -0.2) is 7.11 Å². The minimum Gasteiger partial charge on any atom is -0.494 e. The van der Waals surface area contributed by atoms with Crippen molar-refractivity contribution in [2.45, 2.75) is 45.6 Å². The summed E-state index contributed by atoms with van der Waals surface area (Å²) in [5.41, 5.74) is 3.60. The van der Waals surface area contributed by atoms with Crippen LogP contribution in [0.4, 0.5) is 4.39 Å². The van der Waals surface area contributed by atoms with Gasteiger partial charge in [-0.1, -0.05) is 38.8 Å². The van der Waals surface area contributed by atoms with Crippen molar-refractivity contribution in [2.75, 3.05) is 7.11 Å². The van der Waals surface area contributed by atoms with Crippen molar-refractivity contribution in [3.63, 3.8) is 0 Å². The Balaban J connectivity index is 2.37. The summed E-state index contributed by atoms with van der Waals surface area (Å²) in [4.78, 5) is 0. The summed E-state index contributed by atoms with van der Waals surface area (Å²) in [7, 11) is 1.48. The molecular weight excluding hydrogens is 255 g/mol. The lowest BCUT2D eigenvalue weighted by atomic mass is 9.65. The Labute approximate surface area is 120 Å². The van der Waals surface area contributed by atoms with Crippen molar-refractivity contribution in [3.05, 3.63) is 29.6 Å². The maximum atomic E-state index is 14.5. The second-order valence-electron chi connectivity index (χ2n) is 6.35. The monoisotopic (exact) mass is 280 g/mol. The van der Waals surface area contributed by atoms with Gasteiger partial charge in [-0.2, -0.15) is 0 Å². The number of nitrogens with one attached hydrogen (secondary N) is 1. The van der Waals surface area contributed by atoms with Crippen LogP contribution in [0.3, 0.4) is 0 Å². The second kappa shape index (κ2) is 6.10. The Morgan fingerprint density at radius 1 is 1.40 bits per heavy atom. The number of methoxy groups -OCH3 is 1. The average molecular weight is 280 g/mol. The van der Waals surface area contributed by atoms with Crippen molar-refractivity contribution in [1.82, 2.24) is 5.43 Å². The maximum Gasteiger partial charge on any atom is 0.169 e. The molecule has 0 aliphatic heterocycles. The average Bonchev–Trinajstić information content (AvgIpc) is 2.42. The number of ether oxygens (including phenoxy) is 1. The van der Waals surface area contributed by atoms with E-state index in [2.05, 4.69) is 19.3 Å². The lowest BCUT2D eigenvalue weighted by Crippen LogP contribution is -2.42. The summed E-state index contributed by atoms with van der Waals surface area (Å²) in [5.74, 6) is 6.05. The van der Waals surface area contributed by atoms with Crippen LogP contribution in [0.25, 0.3) is 0 Å². The summed E-state index contributed by atoms with van der Waals surface area (Å²) >= 11 is 0. The number of nitrogens with two attached hydrogens (primary N) is 1. The molecule has 0 bridgehead atoms. The predicted octanol–water partition coefficient (Wildman–Crippen LogP) is 3.56. The fraction of sp³-hybridized carbons (Fsp3) is 0.625. The molecule has 1 aliphatic rings. The molecule has 2 rings (SSSR count). The molecule has 112 valence electrons. The van der Waals surface area contributed by atoms with Gasteiger partial charge in [0.2, 0.25) is 0 Å². The van der Waals surface area contributed by atoms with E-state index < -0.39 is 0 Å². The number of hydrogen-bond donors (Lipinski definition) is 2. The predicted molar refractivity (Wildman–Crippen MR) is 78.8 cm³/mol. The Morgan fingerprint density at radius 2 is 2.15 bits per heavy atom. The zero-order valence-corrected chi connectivity index (χ0v) is 12.6. The number of benzene rings is 1. The minimum absolute atomic E-state index is 0.158. The van der Waals surface area contributed by atoms with Gasteiger partial charge in [0, 0.05) is 5.56 Å². The summed E-state index contributed by atoms with van der Waals surface area (Å²) < 4.78 is 19.6. The first kappa shape index (κ1) is 15.3. The molecule has 3 N–H and O–H groups in total. The van der Waals surface area contributed by atoms with Crippen molar-refractivity contribution in [2.24, 2.45) is 17.2 Å². The van der Waals surface area contributed by atoms with Gasteiger partial charge in [0.25, 0.3) is 0 Å². The highest BCUT2D eigenvalue weighted by Crippen LogP contribution is 2.47. The number of hydrogen-bond acceptors (Lipinski definition) is 3. The molecule has 0 aromatic heterocycles. The third-order valence-corrected chi connectivity index (χ3v) is 4.72. The molecule has 3 nitrogen and oxygen atoms in total.